The summed E-state index contributed by atoms with van der Waals surface area (Å²) in [6.45, 7) is 0.407. The van der Waals surface area contributed by atoms with Crippen LogP contribution in [0.5, 0.6) is 17.2 Å². The Morgan fingerprint density at radius 3 is 2.34 bits per heavy atom. The van der Waals surface area contributed by atoms with Crippen molar-refractivity contribution in [2.45, 2.75) is 12.3 Å². The van der Waals surface area contributed by atoms with E-state index in [9.17, 15) is 10.1 Å². The summed E-state index contributed by atoms with van der Waals surface area (Å²) in [4.78, 5) is 17.0. The van der Waals surface area contributed by atoms with Crippen LogP contribution in [-0.2, 0) is 4.79 Å². The van der Waals surface area contributed by atoms with E-state index in [2.05, 4.69) is 26.9 Å². The lowest BCUT2D eigenvalue weighted by Crippen LogP contribution is -2.47. The zero-order valence-electron chi connectivity index (χ0n) is 17.9. The van der Waals surface area contributed by atoms with Crippen LogP contribution in [0.3, 0.4) is 0 Å². The lowest BCUT2D eigenvalue weighted by atomic mass is 9.85. The van der Waals surface area contributed by atoms with Crippen molar-refractivity contribution in [3.8, 4) is 23.3 Å². The Balaban J connectivity index is 1.72. The molecule has 0 bridgehead atoms. The second-order valence-electron chi connectivity index (χ2n) is 7.29. The molecule has 32 heavy (non-hydrogen) atoms. The summed E-state index contributed by atoms with van der Waals surface area (Å²) < 4.78 is 17.4. The van der Waals surface area contributed by atoms with Crippen molar-refractivity contribution in [1.82, 2.24) is 4.90 Å². The summed E-state index contributed by atoms with van der Waals surface area (Å²) in [5.41, 5.74) is 2.32. The van der Waals surface area contributed by atoms with Gasteiger partial charge in [-0.2, -0.15) is 5.26 Å². The maximum atomic E-state index is 13.2. The lowest BCUT2D eigenvalue weighted by molar-refractivity contribution is -0.129. The third-order valence-corrected chi connectivity index (χ3v) is 7.28. The first-order chi connectivity index (χ1) is 15.5. The summed E-state index contributed by atoms with van der Waals surface area (Å²) in [6.07, 6.45) is 0.174. The van der Waals surface area contributed by atoms with Gasteiger partial charge in [-0.1, -0.05) is 27.7 Å². The molecule has 1 saturated heterocycles. The molecule has 2 aliphatic rings. The molecule has 1 unspecified atom stereocenters. The summed E-state index contributed by atoms with van der Waals surface area (Å²) in [7, 11) is 4.67. The maximum absolute atomic E-state index is 13.2. The molecular weight excluding hydrogens is 494 g/mol. The maximum Gasteiger partial charge on any atom is 0.229 e. The molecular formula is C23H22BrN3O4S. The first-order valence-electron chi connectivity index (χ1n) is 9.88. The van der Waals surface area contributed by atoms with Crippen molar-refractivity contribution in [3.05, 3.63) is 57.0 Å². The molecule has 4 rings (SSSR count). The van der Waals surface area contributed by atoms with Crippen LogP contribution in [0.4, 0.5) is 5.69 Å². The van der Waals surface area contributed by atoms with Crippen LogP contribution < -0.4 is 19.1 Å². The first kappa shape index (κ1) is 22.4. The first-order valence-corrected chi connectivity index (χ1v) is 11.7. The van der Waals surface area contributed by atoms with Crippen LogP contribution in [0.25, 0.3) is 0 Å². The van der Waals surface area contributed by atoms with Crippen molar-refractivity contribution < 1.29 is 19.0 Å². The molecule has 9 heteroatoms. The molecule has 1 atom stereocenters. The number of ether oxygens (including phenoxy) is 3. The molecule has 0 N–H and O–H groups in total. The van der Waals surface area contributed by atoms with E-state index in [1.165, 1.54) is 11.8 Å². The third-order valence-electron chi connectivity index (χ3n) is 5.60. The Kier molecular flexibility index (Phi) is 6.53. The van der Waals surface area contributed by atoms with Crippen LogP contribution in [-0.4, -0.2) is 44.7 Å². The number of nitriles is 1. The number of halogens is 1. The molecule has 0 aliphatic carbocycles. The number of fused-ring (bicyclic) bond motifs is 1. The van der Waals surface area contributed by atoms with Gasteiger partial charge in [0.1, 0.15) is 5.75 Å². The SMILES string of the molecule is COc1cc(OC)c(C2CC(=O)N3CN(c4ccc(Br)cc4)CSC3=C2C#N)cc1OC. The number of thioether (sulfide) groups is 1. The third kappa shape index (κ3) is 4.00. The van der Waals surface area contributed by atoms with Gasteiger partial charge in [0.25, 0.3) is 0 Å². The van der Waals surface area contributed by atoms with Gasteiger partial charge in [0.05, 0.1) is 50.5 Å². The second-order valence-corrected chi connectivity index (χ2v) is 9.14. The molecule has 0 saturated carbocycles. The number of rotatable bonds is 5. The van der Waals surface area contributed by atoms with E-state index in [0.29, 0.717) is 40.4 Å². The van der Waals surface area contributed by atoms with Gasteiger partial charge < -0.3 is 19.1 Å². The minimum absolute atomic E-state index is 0.0323. The van der Waals surface area contributed by atoms with Gasteiger partial charge >= 0.3 is 0 Å². The van der Waals surface area contributed by atoms with Crippen molar-refractivity contribution in [2.24, 2.45) is 0 Å². The van der Waals surface area contributed by atoms with Crippen LogP contribution in [0.2, 0.25) is 0 Å². The second kappa shape index (κ2) is 9.35. The Morgan fingerprint density at radius 2 is 1.72 bits per heavy atom. The van der Waals surface area contributed by atoms with Crippen LogP contribution in [0.1, 0.15) is 17.9 Å². The molecule has 166 valence electrons. The van der Waals surface area contributed by atoms with E-state index in [0.717, 1.165) is 15.7 Å². The van der Waals surface area contributed by atoms with E-state index in [1.807, 2.05) is 24.3 Å². The highest BCUT2D eigenvalue weighted by Gasteiger charge is 2.39. The smallest absolute Gasteiger partial charge is 0.229 e. The fourth-order valence-electron chi connectivity index (χ4n) is 3.97. The quantitative estimate of drug-likeness (QED) is 0.571. The minimum Gasteiger partial charge on any atom is -0.496 e. The number of methoxy groups -OCH3 is 3. The molecule has 2 aromatic rings. The van der Waals surface area contributed by atoms with E-state index in [-0.39, 0.29) is 12.3 Å². The Bertz CT molecular complexity index is 1110. The van der Waals surface area contributed by atoms with Gasteiger partial charge in [-0.3, -0.25) is 9.69 Å². The average Bonchev–Trinajstić information content (AvgIpc) is 2.83. The summed E-state index contributed by atoms with van der Waals surface area (Å²) in [5, 5.41) is 10.8. The Labute approximate surface area is 199 Å². The van der Waals surface area contributed by atoms with Crippen molar-refractivity contribution >= 4 is 39.3 Å². The van der Waals surface area contributed by atoms with Crippen LogP contribution >= 0.6 is 27.7 Å². The van der Waals surface area contributed by atoms with Crippen molar-refractivity contribution in [1.29, 1.82) is 5.26 Å². The number of nitrogens with zero attached hydrogens (tertiary/aromatic N) is 3. The number of hydrogen-bond acceptors (Lipinski definition) is 7. The highest BCUT2D eigenvalue weighted by molar-refractivity contribution is 9.10. The van der Waals surface area contributed by atoms with Crippen molar-refractivity contribution in [3.63, 3.8) is 0 Å². The minimum atomic E-state index is -0.416. The van der Waals surface area contributed by atoms with Gasteiger partial charge in [0.2, 0.25) is 5.91 Å². The summed E-state index contributed by atoms with van der Waals surface area (Å²) in [5.74, 6) is 1.80. The van der Waals surface area contributed by atoms with E-state index >= 15 is 0 Å². The molecule has 2 aromatic carbocycles. The molecule has 1 fully saturated rings. The van der Waals surface area contributed by atoms with Gasteiger partial charge in [-0.25, -0.2) is 0 Å². The monoisotopic (exact) mass is 515 g/mol. The molecule has 0 spiro atoms. The predicted octanol–water partition coefficient (Wildman–Crippen LogP) is 4.69. The summed E-state index contributed by atoms with van der Waals surface area (Å²) in [6, 6.07) is 13.9. The molecule has 1 amide bonds. The molecule has 0 aromatic heterocycles. The van der Waals surface area contributed by atoms with E-state index in [1.54, 1.807) is 38.4 Å². The Morgan fingerprint density at radius 1 is 1.06 bits per heavy atom. The number of anilines is 1. The largest absolute Gasteiger partial charge is 0.496 e. The normalized spacial score (nSPS) is 18.2. The number of carbonyl (C=O) groups excluding carboxylic acids is 1. The van der Waals surface area contributed by atoms with Crippen molar-refractivity contribution in [2.75, 3.05) is 38.8 Å². The molecule has 2 heterocycles. The summed E-state index contributed by atoms with van der Waals surface area (Å²) >= 11 is 4.95. The fraction of sp³-hybridized carbons (Fsp3) is 0.304. The number of hydrogen-bond donors (Lipinski definition) is 0. The van der Waals surface area contributed by atoms with Gasteiger partial charge in [-0.15, -0.1) is 0 Å². The predicted molar refractivity (Wildman–Crippen MR) is 127 cm³/mol. The molecule has 7 nitrogen and oxygen atoms in total. The zero-order valence-corrected chi connectivity index (χ0v) is 20.3. The van der Waals surface area contributed by atoms with E-state index < -0.39 is 5.92 Å². The Hall–Kier alpha value is -2.83. The number of amides is 1. The van der Waals surface area contributed by atoms with E-state index in [4.69, 9.17) is 14.2 Å². The average molecular weight is 516 g/mol. The number of benzene rings is 2. The molecule has 0 radical (unpaired) electrons. The van der Waals surface area contributed by atoms with Crippen LogP contribution in [0, 0.1) is 11.3 Å². The van der Waals surface area contributed by atoms with Gasteiger partial charge in [0, 0.05) is 34.1 Å². The van der Waals surface area contributed by atoms with Gasteiger partial charge in [0.15, 0.2) is 11.5 Å². The standard InChI is InChI=1S/C23H22BrN3O4S/c1-29-19-10-21(31-3)20(30-2)8-17(19)16-9-22(28)27-12-26(13-32-23(27)18(16)11-25)15-6-4-14(24)5-7-15/h4-8,10,16H,9,12-13H2,1-3H3. The topological polar surface area (TPSA) is 75.0 Å². The van der Waals surface area contributed by atoms with Crippen LogP contribution in [0.15, 0.2) is 51.5 Å². The fourth-order valence-corrected chi connectivity index (χ4v) is 5.40. The highest BCUT2D eigenvalue weighted by atomic mass is 79.9. The zero-order chi connectivity index (χ0) is 22.8. The number of allylic oxidation sites excluding steroid dienone is 1. The highest BCUT2D eigenvalue weighted by Crippen LogP contribution is 2.47. The van der Waals surface area contributed by atoms with Gasteiger partial charge in [-0.05, 0) is 30.3 Å². The lowest BCUT2D eigenvalue weighted by Gasteiger charge is -2.42. The molecule has 2 aliphatic heterocycles. The number of carbonyl (C=O) groups is 1.